The first-order valence-electron chi connectivity index (χ1n) is 5.05. The fraction of sp³-hybridized carbons (Fsp3) is 0.364. The zero-order valence-corrected chi connectivity index (χ0v) is 9.79. The van der Waals surface area contributed by atoms with Gasteiger partial charge < -0.3 is 5.32 Å². The predicted molar refractivity (Wildman–Crippen MR) is 64.7 cm³/mol. The zero-order chi connectivity index (χ0) is 10.3. The molecule has 1 atom stereocenters. The van der Waals surface area contributed by atoms with Gasteiger partial charge >= 0.3 is 0 Å². The van der Waals surface area contributed by atoms with E-state index in [0.717, 1.165) is 6.54 Å². The first kappa shape index (κ1) is 9.51. The molecule has 15 heavy (non-hydrogen) atoms. The smallest absolute Gasteiger partial charge is 0.136 e. The first-order chi connectivity index (χ1) is 7.33. The summed E-state index contributed by atoms with van der Waals surface area (Å²) in [6.45, 7) is 0.828. The van der Waals surface area contributed by atoms with Crippen LogP contribution in [0.1, 0.15) is 23.8 Å². The van der Waals surface area contributed by atoms with Crippen molar-refractivity contribution in [1.29, 1.82) is 0 Å². The van der Waals surface area contributed by atoms with E-state index >= 15 is 0 Å². The quantitative estimate of drug-likeness (QED) is 0.826. The highest BCUT2D eigenvalue weighted by molar-refractivity contribution is 7.37. The lowest BCUT2D eigenvalue weighted by atomic mass is 10.0. The molecule has 1 saturated heterocycles. The van der Waals surface area contributed by atoms with Gasteiger partial charge in [-0.25, -0.2) is 0 Å². The number of thiophene rings is 2. The second-order valence-corrected chi connectivity index (χ2v) is 6.07. The molecule has 2 aromatic rings. The number of fused-ring (bicyclic) bond motifs is 1. The Morgan fingerprint density at radius 3 is 3.20 bits per heavy atom. The fourth-order valence-electron chi connectivity index (χ4n) is 1.95. The van der Waals surface area contributed by atoms with Crippen LogP contribution in [0.3, 0.4) is 0 Å². The van der Waals surface area contributed by atoms with Gasteiger partial charge in [-0.05, 0) is 17.5 Å². The van der Waals surface area contributed by atoms with E-state index in [-0.39, 0.29) is 6.04 Å². The molecule has 1 aliphatic rings. The van der Waals surface area contributed by atoms with E-state index in [9.17, 15) is 4.79 Å². The van der Waals surface area contributed by atoms with Crippen LogP contribution in [0.2, 0.25) is 0 Å². The number of hydrogen-bond donors (Lipinski definition) is 1. The molecule has 0 aromatic carbocycles. The molecule has 0 aliphatic carbocycles. The topological polar surface area (TPSA) is 29.1 Å². The molecule has 0 saturated carbocycles. The molecule has 1 unspecified atom stereocenters. The predicted octanol–water partition coefficient (Wildman–Crippen LogP) is 2.96. The molecule has 0 amide bonds. The van der Waals surface area contributed by atoms with Gasteiger partial charge in [0.25, 0.3) is 0 Å². The van der Waals surface area contributed by atoms with Gasteiger partial charge in [-0.2, -0.15) is 0 Å². The number of Topliss-reactive ketones (excluding diaryl/α,β-unsaturated/α-hetero) is 1. The van der Waals surface area contributed by atoms with E-state index in [0.29, 0.717) is 18.6 Å². The molecular formula is C11H11NOS2. The highest BCUT2D eigenvalue weighted by Gasteiger charge is 2.21. The maximum atomic E-state index is 11.4. The minimum atomic E-state index is 0.260. The Bertz CT molecular complexity index is 471. The maximum absolute atomic E-state index is 11.4. The fourth-order valence-corrected chi connectivity index (χ4v) is 4.15. The summed E-state index contributed by atoms with van der Waals surface area (Å²) in [5, 5.41) is 6.85. The summed E-state index contributed by atoms with van der Waals surface area (Å²) < 4.78 is 1.37. The van der Waals surface area contributed by atoms with Gasteiger partial charge in [-0.3, -0.25) is 4.79 Å². The Hall–Kier alpha value is -0.710. The highest BCUT2D eigenvalue weighted by Crippen LogP contribution is 2.35. The van der Waals surface area contributed by atoms with Crippen molar-refractivity contribution in [3.63, 3.8) is 0 Å². The molecule has 0 bridgehead atoms. The molecule has 3 heterocycles. The number of ketones is 1. The van der Waals surface area contributed by atoms with Crippen LogP contribution in [0.15, 0.2) is 17.5 Å². The second kappa shape index (κ2) is 3.70. The van der Waals surface area contributed by atoms with Gasteiger partial charge in [-0.1, -0.05) is 0 Å². The van der Waals surface area contributed by atoms with Crippen molar-refractivity contribution in [2.24, 2.45) is 0 Å². The molecule has 1 N–H and O–H groups in total. The molecule has 1 fully saturated rings. The molecule has 0 spiro atoms. The van der Waals surface area contributed by atoms with E-state index in [1.54, 1.807) is 11.3 Å². The summed E-state index contributed by atoms with van der Waals surface area (Å²) in [6.07, 6.45) is 1.35. The minimum absolute atomic E-state index is 0.260. The summed E-state index contributed by atoms with van der Waals surface area (Å²) in [6, 6.07) is 4.62. The summed E-state index contributed by atoms with van der Waals surface area (Å²) in [5.74, 6) is 0.385. The second-order valence-electron chi connectivity index (χ2n) is 3.81. The van der Waals surface area contributed by atoms with Crippen LogP contribution in [-0.2, 0) is 4.79 Å². The number of hydrogen-bond acceptors (Lipinski definition) is 4. The Balaban J connectivity index is 1.92. The van der Waals surface area contributed by atoms with Crippen molar-refractivity contribution < 1.29 is 4.79 Å². The van der Waals surface area contributed by atoms with Gasteiger partial charge in [0.15, 0.2) is 0 Å². The van der Waals surface area contributed by atoms with Crippen LogP contribution in [0.4, 0.5) is 0 Å². The first-order valence-corrected chi connectivity index (χ1v) is 6.74. The van der Waals surface area contributed by atoms with Gasteiger partial charge in [0.1, 0.15) is 5.78 Å². The minimum Gasteiger partial charge on any atom is -0.308 e. The van der Waals surface area contributed by atoms with E-state index in [2.05, 4.69) is 22.8 Å². The van der Waals surface area contributed by atoms with Crippen LogP contribution in [-0.4, -0.2) is 12.3 Å². The van der Waals surface area contributed by atoms with Gasteiger partial charge in [0, 0.05) is 35.7 Å². The maximum Gasteiger partial charge on any atom is 0.136 e. The van der Waals surface area contributed by atoms with Gasteiger partial charge in [0.05, 0.1) is 4.01 Å². The molecule has 0 radical (unpaired) electrons. The molecule has 2 aromatic heterocycles. The molecule has 78 valence electrons. The summed E-state index contributed by atoms with van der Waals surface area (Å²) >= 11 is 3.60. The van der Waals surface area contributed by atoms with Crippen LogP contribution >= 0.6 is 22.7 Å². The van der Waals surface area contributed by atoms with E-state index in [4.69, 9.17) is 0 Å². The van der Waals surface area contributed by atoms with Crippen LogP contribution < -0.4 is 5.32 Å². The number of carbonyl (C=O) groups excluding carboxylic acids is 1. The number of piperidine rings is 1. The Kier molecular flexibility index (Phi) is 2.35. The van der Waals surface area contributed by atoms with Gasteiger partial charge in [-0.15, -0.1) is 22.7 Å². The molecule has 1 aliphatic heterocycles. The SMILES string of the molecule is O=C1CCNC(c2cc3ccsc3s2)C1. The van der Waals surface area contributed by atoms with Crippen LogP contribution in [0, 0.1) is 0 Å². The molecule has 3 rings (SSSR count). The van der Waals surface area contributed by atoms with Crippen molar-refractivity contribution in [3.05, 3.63) is 22.4 Å². The van der Waals surface area contributed by atoms with Crippen LogP contribution in [0.25, 0.3) is 9.40 Å². The Morgan fingerprint density at radius 1 is 1.47 bits per heavy atom. The number of rotatable bonds is 1. The third-order valence-corrected chi connectivity index (χ3v) is 5.06. The number of carbonyl (C=O) groups is 1. The summed E-state index contributed by atoms with van der Waals surface area (Å²) in [7, 11) is 0. The average molecular weight is 237 g/mol. The van der Waals surface area contributed by atoms with Crippen molar-refractivity contribution in [2.75, 3.05) is 6.54 Å². The van der Waals surface area contributed by atoms with Gasteiger partial charge in [0.2, 0.25) is 0 Å². The molecule has 4 heteroatoms. The third-order valence-electron chi connectivity index (χ3n) is 2.74. The molecular weight excluding hydrogens is 226 g/mol. The lowest BCUT2D eigenvalue weighted by Crippen LogP contribution is -2.31. The Labute approximate surface area is 95.9 Å². The lowest BCUT2D eigenvalue weighted by Gasteiger charge is -2.21. The molecule has 2 nitrogen and oxygen atoms in total. The van der Waals surface area contributed by atoms with E-state index < -0.39 is 0 Å². The normalized spacial score (nSPS) is 22.4. The van der Waals surface area contributed by atoms with E-state index in [1.807, 2.05) is 11.3 Å². The van der Waals surface area contributed by atoms with Crippen molar-refractivity contribution in [3.8, 4) is 0 Å². The van der Waals surface area contributed by atoms with E-state index in [1.165, 1.54) is 14.3 Å². The van der Waals surface area contributed by atoms with Crippen LogP contribution in [0.5, 0.6) is 0 Å². The van der Waals surface area contributed by atoms with Crippen molar-refractivity contribution in [2.45, 2.75) is 18.9 Å². The average Bonchev–Trinajstić information content (AvgIpc) is 2.76. The van der Waals surface area contributed by atoms with Crippen molar-refractivity contribution in [1.82, 2.24) is 5.32 Å². The summed E-state index contributed by atoms with van der Waals surface area (Å²) in [5.41, 5.74) is 0. The monoisotopic (exact) mass is 237 g/mol. The van der Waals surface area contributed by atoms with Crippen molar-refractivity contribution >= 4 is 37.9 Å². The summed E-state index contributed by atoms with van der Waals surface area (Å²) in [4.78, 5) is 12.7. The largest absolute Gasteiger partial charge is 0.308 e. The standard InChI is InChI=1S/C11H11NOS2/c13-8-1-3-12-9(6-8)10-5-7-2-4-14-11(7)15-10/h2,4-5,9,12H,1,3,6H2. The zero-order valence-electron chi connectivity index (χ0n) is 8.16. The third kappa shape index (κ3) is 1.73. The number of nitrogens with one attached hydrogen (secondary N) is 1. The lowest BCUT2D eigenvalue weighted by molar-refractivity contribution is -0.120. The highest BCUT2D eigenvalue weighted by atomic mass is 32.2. The Morgan fingerprint density at radius 2 is 2.40 bits per heavy atom.